The molecule has 34 heavy (non-hydrogen) atoms. The maximum atomic E-state index is 13.4. The van der Waals surface area contributed by atoms with Crippen LogP contribution in [0.2, 0.25) is 10.0 Å². The zero-order chi connectivity index (χ0) is 25.3. The lowest BCUT2D eigenvalue weighted by Gasteiger charge is -2.12. The first-order valence-corrected chi connectivity index (χ1v) is 10.3. The molecule has 0 saturated heterocycles. The van der Waals surface area contributed by atoms with Crippen LogP contribution in [-0.2, 0) is 12.4 Å². The molecule has 0 bridgehead atoms. The Bertz CT molecular complexity index is 1190. The zero-order valence-corrected chi connectivity index (χ0v) is 19.1. The van der Waals surface area contributed by atoms with Crippen LogP contribution in [0.15, 0.2) is 64.6 Å². The standard InChI is InChI=1S/C23H15Cl2F6N3/c1-12(32-20-8-6-14(24)10-16(20)22(26,27)28)18-4-3-5-19(34-18)13(2)33-21-9-7-15(25)11-17(21)23(29,30)31/h3-11H,1-2H3. The molecule has 0 radical (unpaired) electrons. The first-order valence-electron chi connectivity index (χ1n) is 9.57. The van der Waals surface area contributed by atoms with E-state index in [0.29, 0.717) is 0 Å². The van der Waals surface area contributed by atoms with Crippen molar-refractivity contribution in [2.75, 3.05) is 0 Å². The average Bonchev–Trinajstić information content (AvgIpc) is 2.74. The Kier molecular flexibility index (Phi) is 7.38. The van der Waals surface area contributed by atoms with E-state index in [4.69, 9.17) is 23.2 Å². The second kappa shape index (κ2) is 9.76. The number of halogens is 8. The van der Waals surface area contributed by atoms with Crippen LogP contribution in [0, 0.1) is 0 Å². The number of hydrogen-bond acceptors (Lipinski definition) is 3. The summed E-state index contributed by atoms with van der Waals surface area (Å²) >= 11 is 11.4. The minimum atomic E-state index is -4.67. The van der Waals surface area contributed by atoms with Crippen molar-refractivity contribution >= 4 is 46.0 Å². The van der Waals surface area contributed by atoms with Crippen molar-refractivity contribution in [3.63, 3.8) is 0 Å². The quantitative estimate of drug-likeness (QED) is 0.252. The highest BCUT2D eigenvalue weighted by molar-refractivity contribution is 6.31. The van der Waals surface area contributed by atoms with E-state index in [-0.39, 0.29) is 44.2 Å². The van der Waals surface area contributed by atoms with Gasteiger partial charge < -0.3 is 0 Å². The lowest BCUT2D eigenvalue weighted by atomic mass is 10.1. The number of nitrogens with zero attached hydrogens (tertiary/aromatic N) is 3. The number of alkyl halides is 6. The molecule has 3 aromatic rings. The van der Waals surface area contributed by atoms with E-state index in [1.165, 1.54) is 38.1 Å². The largest absolute Gasteiger partial charge is 0.418 e. The fourth-order valence-electron chi connectivity index (χ4n) is 2.98. The lowest BCUT2D eigenvalue weighted by Crippen LogP contribution is -2.08. The van der Waals surface area contributed by atoms with Crippen molar-refractivity contribution in [2.45, 2.75) is 26.2 Å². The van der Waals surface area contributed by atoms with Crippen molar-refractivity contribution in [3.8, 4) is 0 Å². The van der Waals surface area contributed by atoms with Gasteiger partial charge in [-0.15, -0.1) is 0 Å². The van der Waals surface area contributed by atoms with Crippen LogP contribution in [0.5, 0.6) is 0 Å². The van der Waals surface area contributed by atoms with E-state index in [9.17, 15) is 26.3 Å². The molecular weight excluding hydrogens is 503 g/mol. The molecule has 0 aliphatic heterocycles. The van der Waals surface area contributed by atoms with Crippen LogP contribution in [0.3, 0.4) is 0 Å². The molecule has 0 saturated carbocycles. The van der Waals surface area contributed by atoms with Crippen molar-refractivity contribution in [3.05, 3.63) is 87.2 Å². The first kappa shape index (κ1) is 25.7. The molecule has 2 aromatic carbocycles. The van der Waals surface area contributed by atoms with Gasteiger partial charge in [0.2, 0.25) is 0 Å². The van der Waals surface area contributed by atoms with Gasteiger partial charge in [0.25, 0.3) is 0 Å². The Hall–Kier alpha value is -2.91. The molecule has 0 atom stereocenters. The average molecular weight is 518 g/mol. The fourth-order valence-corrected chi connectivity index (χ4v) is 3.32. The molecule has 0 aliphatic rings. The normalized spacial score (nSPS) is 13.4. The van der Waals surface area contributed by atoms with Gasteiger partial charge in [-0.05, 0) is 62.4 Å². The van der Waals surface area contributed by atoms with Crippen molar-refractivity contribution in [1.29, 1.82) is 0 Å². The summed E-state index contributed by atoms with van der Waals surface area (Å²) in [6.07, 6.45) is -9.34. The number of pyridine rings is 1. The molecule has 0 unspecified atom stereocenters. The predicted octanol–water partition coefficient (Wildman–Crippen LogP) is 8.71. The van der Waals surface area contributed by atoms with Crippen molar-refractivity contribution in [2.24, 2.45) is 9.98 Å². The minimum Gasteiger partial charge on any atom is -0.251 e. The summed E-state index contributed by atoms with van der Waals surface area (Å²) in [5.41, 5.74) is -1.93. The topological polar surface area (TPSA) is 37.6 Å². The lowest BCUT2D eigenvalue weighted by molar-refractivity contribution is -0.137. The Morgan fingerprint density at radius 1 is 0.676 bits per heavy atom. The molecule has 0 aliphatic carbocycles. The third-order valence-electron chi connectivity index (χ3n) is 4.59. The smallest absolute Gasteiger partial charge is 0.251 e. The molecule has 1 aromatic heterocycles. The Labute approximate surface area is 200 Å². The second-order valence-electron chi connectivity index (χ2n) is 7.12. The Morgan fingerprint density at radius 2 is 1.06 bits per heavy atom. The first-order chi connectivity index (χ1) is 15.8. The third-order valence-corrected chi connectivity index (χ3v) is 5.06. The van der Waals surface area contributed by atoms with E-state index in [0.717, 1.165) is 24.3 Å². The van der Waals surface area contributed by atoms with Gasteiger partial charge in [0.05, 0.1) is 45.3 Å². The summed E-state index contributed by atoms with van der Waals surface area (Å²) < 4.78 is 80.1. The highest BCUT2D eigenvalue weighted by Gasteiger charge is 2.34. The number of hydrogen-bond donors (Lipinski definition) is 0. The van der Waals surface area contributed by atoms with Crippen LogP contribution in [-0.4, -0.2) is 16.4 Å². The number of aliphatic imine (C=N–C) groups is 2. The number of rotatable bonds is 4. The molecule has 0 N–H and O–H groups in total. The zero-order valence-electron chi connectivity index (χ0n) is 17.6. The fraction of sp³-hybridized carbons (Fsp3) is 0.174. The van der Waals surface area contributed by atoms with Gasteiger partial charge in [-0.2, -0.15) is 26.3 Å². The van der Waals surface area contributed by atoms with Gasteiger partial charge in [-0.3, -0.25) is 9.98 Å². The van der Waals surface area contributed by atoms with Crippen LogP contribution in [0.4, 0.5) is 37.7 Å². The molecule has 0 spiro atoms. The monoisotopic (exact) mass is 517 g/mol. The molecule has 1 heterocycles. The molecule has 0 amide bonds. The summed E-state index contributed by atoms with van der Waals surface area (Å²) in [6.45, 7) is 2.93. The highest BCUT2D eigenvalue weighted by Crippen LogP contribution is 2.39. The van der Waals surface area contributed by atoms with Gasteiger partial charge in [-0.25, -0.2) is 4.98 Å². The third kappa shape index (κ3) is 6.15. The number of aromatic nitrogens is 1. The summed E-state index contributed by atoms with van der Waals surface area (Å²) in [5, 5.41) is -0.173. The highest BCUT2D eigenvalue weighted by atomic mass is 35.5. The molecule has 0 fully saturated rings. The van der Waals surface area contributed by atoms with E-state index in [2.05, 4.69) is 15.0 Å². The molecular formula is C23H15Cl2F6N3. The van der Waals surface area contributed by atoms with Crippen molar-refractivity contribution < 1.29 is 26.3 Å². The Morgan fingerprint density at radius 3 is 1.41 bits per heavy atom. The number of benzene rings is 2. The van der Waals surface area contributed by atoms with E-state index in [1.54, 1.807) is 6.07 Å². The minimum absolute atomic E-state index is 0.0867. The summed E-state index contributed by atoms with van der Waals surface area (Å²) in [4.78, 5) is 12.4. The van der Waals surface area contributed by atoms with Gasteiger partial charge >= 0.3 is 12.4 Å². The SMILES string of the molecule is CC(=Nc1ccc(Cl)cc1C(F)(F)F)c1cccc(C(C)=Nc2ccc(Cl)cc2C(F)(F)F)n1. The van der Waals surface area contributed by atoms with Gasteiger partial charge in [0, 0.05) is 10.0 Å². The van der Waals surface area contributed by atoms with Gasteiger partial charge in [0.15, 0.2) is 0 Å². The molecule has 178 valence electrons. The maximum absolute atomic E-state index is 13.4. The van der Waals surface area contributed by atoms with E-state index in [1.807, 2.05) is 0 Å². The Balaban J connectivity index is 2.01. The van der Waals surface area contributed by atoms with Crippen LogP contribution >= 0.6 is 23.2 Å². The van der Waals surface area contributed by atoms with Crippen LogP contribution < -0.4 is 0 Å². The molecule has 3 nitrogen and oxygen atoms in total. The summed E-state index contributed by atoms with van der Waals surface area (Å²) in [6, 6.07) is 11.0. The van der Waals surface area contributed by atoms with Gasteiger partial charge in [-0.1, -0.05) is 29.3 Å². The van der Waals surface area contributed by atoms with Gasteiger partial charge in [0.1, 0.15) is 0 Å². The van der Waals surface area contributed by atoms with E-state index < -0.39 is 23.5 Å². The van der Waals surface area contributed by atoms with Crippen molar-refractivity contribution in [1.82, 2.24) is 4.98 Å². The maximum Gasteiger partial charge on any atom is 0.418 e. The van der Waals surface area contributed by atoms with E-state index >= 15 is 0 Å². The summed E-state index contributed by atoms with van der Waals surface area (Å²) in [7, 11) is 0. The second-order valence-corrected chi connectivity index (χ2v) is 7.99. The molecule has 3 rings (SSSR count). The van der Waals surface area contributed by atoms with Crippen LogP contribution in [0.1, 0.15) is 36.4 Å². The summed E-state index contributed by atoms with van der Waals surface area (Å²) in [5.74, 6) is 0. The molecule has 11 heteroatoms. The van der Waals surface area contributed by atoms with Crippen LogP contribution in [0.25, 0.3) is 0 Å². The predicted molar refractivity (Wildman–Crippen MR) is 121 cm³/mol.